The molecule has 212 valence electrons. The zero-order chi connectivity index (χ0) is 27.7. The lowest BCUT2D eigenvalue weighted by Gasteiger charge is -2.26. The monoisotopic (exact) mass is 564 g/mol. The molecule has 1 unspecified atom stereocenters. The van der Waals surface area contributed by atoms with Crippen LogP contribution in [0.25, 0.3) is 0 Å². The van der Waals surface area contributed by atoms with Crippen molar-refractivity contribution in [3.8, 4) is 5.75 Å². The summed E-state index contributed by atoms with van der Waals surface area (Å²) in [6.07, 6.45) is 5.86. The van der Waals surface area contributed by atoms with Crippen LogP contribution in [-0.4, -0.2) is 73.9 Å². The number of methoxy groups -OCH3 is 1. The van der Waals surface area contributed by atoms with Crippen LogP contribution < -0.4 is 9.64 Å². The number of benzene rings is 2. The first-order chi connectivity index (χ1) is 19.6. The van der Waals surface area contributed by atoms with Gasteiger partial charge in [-0.1, -0.05) is 41.9 Å². The molecule has 0 saturated carbocycles. The van der Waals surface area contributed by atoms with Gasteiger partial charge in [-0.2, -0.15) is 0 Å². The summed E-state index contributed by atoms with van der Waals surface area (Å²) >= 11 is 6.12. The summed E-state index contributed by atoms with van der Waals surface area (Å²) in [4.78, 5) is 26.8. The van der Waals surface area contributed by atoms with Gasteiger partial charge in [0.05, 0.1) is 44.2 Å². The highest BCUT2D eigenvalue weighted by molar-refractivity contribution is 6.30. The maximum atomic E-state index is 12.6. The van der Waals surface area contributed by atoms with Crippen LogP contribution in [0, 0.1) is 0 Å². The topological polar surface area (TPSA) is 77.0 Å². The summed E-state index contributed by atoms with van der Waals surface area (Å²) in [6, 6.07) is 16.2. The number of ether oxygens (including phenoxy) is 3. The zero-order valence-corrected chi connectivity index (χ0v) is 23.8. The minimum absolute atomic E-state index is 0.167. The SMILES string of the molecule is COC(=O)c1cnc(N2CCCC2c2ccc(Cl)cc2)nc1CCc1ccccc1OCCCN1CCOCC1. The van der Waals surface area contributed by atoms with Gasteiger partial charge in [0.1, 0.15) is 5.75 Å². The predicted octanol–water partition coefficient (Wildman–Crippen LogP) is 5.14. The number of aromatic nitrogens is 2. The Balaban J connectivity index is 1.28. The van der Waals surface area contributed by atoms with E-state index in [1.165, 1.54) is 12.7 Å². The van der Waals surface area contributed by atoms with Crippen LogP contribution in [0.4, 0.5) is 5.95 Å². The third-order valence-corrected chi connectivity index (χ3v) is 7.86. The van der Waals surface area contributed by atoms with Crippen molar-refractivity contribution >= 4 is 23.5 Å². The molecular formula is C31H37ClN4O4. The van der Waals surface area contributed by atoms with Crippen molar-refractivity contribution in [1.29, 1.82) is 0 Å². The highest BCUT2D eigenvalue weighted by Gasteiger charge is 2.29. The Bertz CT molecular complexity index is 1270. The fourth-order valence-corrected chi connectivity index (χ4v) is 5.58. The minimum Gasteiger partial charge on any atom is -0.493 e. The summed E-state index contributed by atoms with van der Waals surface area (Å²) in [5, 5.41) is 0.718. The molecule has 0 bridgehead atoms. The smallest absolute Gasteiger partial charge is 0.341 e. The quantitative estimate of drug-likeness (QED) is 0.234. The number of nitrogens with zero attached hydrogens (tertiary/aromatic N) is 4. The summed E-state index contributed by atoms with van der Waals surface area (Å²) in [5.41, 5.74) is 3.35. The number of para-hydroxylation sites is 1. The third-order valence-electron chi connectivity index (χ3n) is 7.61. The van der Waals surface area contributed by atoms with Gasteiger partial charge in [-0.15, -0.1) is 0 Å². The van der Waals surface area contributed by atoms with Crippen molar-refractivity contribution in [2.45, 2.75) is 38.1 Å². The first-order valence-electron chi connectivity index (χ1n) is 14.1. The number of morpholine rings is 1. The molecule has 0 amide bonds. The van der Waals surface area contributed by atoms with Crippen molar-refractivity contribution < 1.29 is 19.0 Å². The van der Waals surface area contributed by atoms with E-state index < -0.39 is 5.97 Å². The number of carbonyl (C=O) groups is 1. The Labute approximate surface area is 241 Å². The van der Waals surface area contributed by atoms with Crippen molar-refractivity contribution in [3.05, 3.63) is 82.1 Å². The second-order valence-corrected chi connectivity index (χ2v) is 10.6. The first-order valence-corrected chi connectivity index (χ1v) is 14.5. The lowest BCUT2D eigenvalue weighted by molar-refractivity contribution is 0.0358. The average Bonchev–Trinajstić information content (AvgIpc) is 3.49. The van der Waals surface area contributed by atoms with Crippen LogP contribution in [0.5, 0.6) is 5.75 Å². The maximum absolute atomic E-state index is 12.6. The van der Waals surface area contributed by atoms with E-state index in [2.05, 4.69) is 33.0 Å². The second kappa shape index (κ2) is 13.9. The average molecular weight is 565 g/mol. The number of rotatable bonds is 11. The lowest BCUT2D eigenvalue weighted by atomic mass is 10.0. The normalized spacial score (nSPS) is 17.6. The van der Waals surface area contributed by atoms with Crippen LogP contribution in [0.1, 0.15) is 52.5 Å². The maximum Gasteiger partial charge on any atom is 0.341 e. The van der Waals surface area contributed by atoms with E-state index in [9.17, 15) is 4.79 Å². The van der Waals surface area contributed by atoms with Crippen molar-refractivity contribution in [2.24, 2.45) is 0 Å². The van der Waals surface area contributed by atoms with Crippen LogP contribution in [-0.2, 0) is 22.3 Å². The Morgan fingerprint density at radius 1 is 1.07 bits per heavy atom. The Kier molecular flexibility index (Phi) is 9.86. The molecule has 8 nitrogen and oxygen atoms in total. The number of aryl methyl sites for hydroxylation is 2. The molecule has 0 aliphatic carbocycles. The molecule has 2 fully saturated rings. The van der Waals surface area contributed by atoms with E-state index in [4.69, 9.17) is 30.8 Å². The standard InChI is InChI=1S/C31H37ClN4O4/c1-38-30(37)26-22-33-31(36-16-4-7-28(36)23-9-12-25(32)13-10-23)34-27(26)14-11-24-6-2-3-8-29(24)40-19-5-15-35-17-20-39-21-18-35/h2-3,6,8-10,12-13,22,28H,4-5,7,11,14-21H2,1H3. The first kappa shape index (κ1) is 28.3. The fourth-order valence-electron chi connectivity index (χ4n) is 5.45. The van der Waals surface area contributed by atoms with Crippen molar-refractivity contribution in [2.75, 3.05) is 58.0 Å². The number of anilines is 1. The van der Waals surface area contributed by atoms with Crippen LogP contribution in [0.3, 0.4) is 0 Å². The molecule has 1 aromatic heterocycles. The molecule has 9 heteroatoms. The number of hydrogen-bond donors (Lipinski definition) is 0. The molecule has 0 spiro atoms. The largest absolute Gasteiger partial charge is 0.493 e. The number of hydrogen-bond acceptors (Lipinski definition) is 8. The van der Waals surface area contributed by atoms with Gasteiger partial charge in [0.15, 0.2) is 0 Å². The van der Waals surface area contributed by atoms with E-state index >= 15 is 0 Å². The lowest BCUT2D eigenvalue weighted by Crippen LogP contribution is -2.37. The van der Waals surface area contributed by atoms with E-state index in [1.807, 2.05) is 30.3 Å². The van der Waals surface area contributed by atoms with E-state index in [0.29, 0.717) is 36.7 Å². The van der Waals surface area contributed by atoms with Gasteiger partial charge in [-0.05, 0) is 61.4 Å². The summed E-state index contributed by atoms with van der Waals surface area (Å²) in [6.45, 7) is 6.09. The summed E-state index contributed by atoms with van der Waals surface area (Å²) in [5.74, 6) is 1.08. The Morgan fingerprint density at radius 3 is 2.67 bits per heavy atom. The van der Waals surface area contributed by atoms with Gasteiger partial charge < -0.3 is 19.1 Å². The molecule has 3 heterocycles. The molecule has 2 aliphatic rings. The molecule has 5 rings (SSSR count). The van der Waals surface area contributed by atoms with Crippen LogP contribution in [0.15, 0.2) is 54.7 Å². The van der Waals surface area contributed by atoms with Gasteiger partial charge >= 0.3 is 5.97 Å². The van der Waals surface area contributed by atoms with Crippen LogP contribution in [0.2, 0.25) is 5.02 Å². The van der Waals surface area contributed by atoms with Gasteiger partial charge in [-0.25, -0.2) is 14.8 Å². The third kappa shape index (κ3) is 7.11. The molecule has 2 aliphatic heterocycles. The highest BCUT2D eigenvalue weighted by atomic mass is 35.5. The van der Waals surface area contributed by atoms with E-state index in [0.717, 1.165) is 75.0 Å². The number of halogens is 1. The molecule has 2 saturated heterocycles. The Hall–Kier alpha value is -3.20. The molecule has 2 aromatic carbocycles. The van der Waals surface area contributed by atoms with Crippen molar-refractivity contribution in [3.63, 3.8) is 0 Å². The minimum atomic E-state index is -0.426. The Morgan fingerprint density at radius 2 is 1.88 bits per heavy atom. The number of carbonyl (C=O) groups excluding carboxylic acids is 1. The van der Waals surface area contributed by atoms with Gasteiger partial charge in [-0.3, -0.25) is 4.90 Å². The molecule has 0 N–H and O–H groups in total. The highest BCUT2D eigenvalue weighted by Crippen LogP contribution is 2.35. The van der Waals surface area contributed by atoms with E-state index in [-0.39, 0.29) is 6.04 Å². The molecule has 0 radical (unpaired) electrons. The van der Waals surface area contributed by atoms with Gasteiger partial charge in [0, 0.05) is 37.4 Å². The summed E-state index contributed by atoms with van der Waals surface area (Å²) in [7, 11) is 1.39. The second-order valence-electron chi connectivity index (χ2n) is 10.2. The van der Waals surface area contributed by atoms with Crippen molar-refractivity contribution in [1.82, 2.24) is 14.9 Å². The summed E-state index contributed by atoms with van der Waals surface area (Å²) < 4.78 is 16.7. The number of esters is 1. The van der Waals surface area contributed by atoms with Crippen LogP contribution >= 0.6 is 11.6 Å². The predicted molar refractivity (Wildman–Crippen MR) is 155 cm³/mol. The molecule has 1 atom stereocenters. The van der Waals surface area contributed by atoms with Gasteiger partial charge in [0.25, 0.3) is 0 Å². The molecule has 40 heavy (non-hydrogen) atoms. The molecular weight excluding hydrogens is 528 g/mol. The fraction of sp³-hybridized carbons (Fsp3) is 0.452. The van der Waals surface area contributed by atoms with Gasteiger partial charge in [0.2, 0.25) is 5.95 Å². The van der Waals surface area contributed by atoms with E-state index in [1.54, 1.807) is 6.20 Å². The molecule has 3 aromatic rings. The zero-order valence-electron chi connectivity index (χ0n) is 23.1.